The number of hydrogen-bond donors (Lipinski definition) is 1. The number of carbonyl (C=O) groups excluding carboxylic acids is 1. The summed E-state index contributed by atoms with van der Waals surface area (Å²) in [6, 6.07) is 2.56. The van der Waals surface area contributed by atoms with E-state index in [1.165, 1.54) is 24.8 Å². The third-order valence-electron chi connectivity index (χ3n) is 5.54. The summed E-state index contributed by atoms with van der Waals surface area (Å²) < 4.78 is 5.67. The lowest BCUT2D eigenvalue weighted by molar-refractivity contribution is -0.143. The Balaban J connectivity index is 1.51. The maximum absolute atomic E-state index is 13.0. The van der Waals surface area contributed by atoms with Gasteiger partial charge in [0.05, 0.1) is 0 Å². The van der Waals surface area contributed by atoms with E-state index in [9.17, 15) is 4.79 Å². The molecule has 1 spiro atoms. The number of nitrogens with one attached hydrogen (secondary N) is 1. The van der Waals surface area contributed by atoms with E-state index >= 15 is 0 Å². The minimum atomic E-state index is -0.196. The maximum Gasteiger partial charge on any atom is 0.252 e. The Bertz CT molecular complexity index is 519. The number of amides is 1. The van der Waals surface area contributed by atoms with Crippen LogP contribution in [0.1, 0.15) is 37.7 Å². The van der Waals surface area contributed by atoms with E-state index in [2.05, 4.69) is 27.0 Å². The van der Waals surface area contributed by atoms with Gasteiger partial charge in [-0.3, -0.25) is 4.79 Å². The molecule has 0 aromatic carbocycles. The zero-order chi connectivity index (χ0) is 15.0. The van der Waals surface area contributed by atoms with Gasteiger partial charge in [0.15, 0.2) is 0 Å². The van der Waals surface area contributed by atoms with Gasteiger partial charge < -0.3 is 15.0 Å². The molecule has 22 heavy (non-hydrogen) atoms. The van der Waals surface area contributed by atoms with Crippen molar-refractivity contribution in [1.82, 2.24) is 10.2 Å². The molecule has 2 atom stereocenters. The highest BCUT2D eigenvalue weighted by atomic mass is 32.1. The lowest BCUT2D eigenvalue weighted by atomic mass is 9.93. The molecule has 1 N–H and O–H groups in total. The SMILES string of the molecule is O=C([C@@H]1CCCO1)N(Cc1ccsc1)[C@@H]1CC12CCNCC2. The first-order chi connectivity index (χ1) is 10.8. The molecule has 0 radical (unpaired) electrons. The predicted molar refractivity (Wildman–Crippen MR) is 86.8 cm³/mol. The van der Waals surface area contributed by atoms with E-state index in [0.717, 1.165) is 39.1 Å². The maximum atomic E-state index is 13.0. The average molecular weight is 320 g/mol. The molecule has 120 valence electrons. The van der Waals surface area contributed by atoms with Gasteiger partial charge in [0, 0.05) is 19.2 Å². The highest BCUT2D eigenvalue weighted by molar-refractivity contribution is 7.07. The Labute approximate surface area is 135 Å². The van der Waals surface area contributed by atoms with E-state index in [1.807, 2.05) is 0 Å². The number of ether oxygens (including phenoxy) is 1. The highest BCUT2D eigenvalue weighted by Crippen LogP contribution is 2.56. The second-order valence-corrected chi connectivity index (χ2v) is 7.71. The van der Waals surface area contributed by atoms with Crippen LogP contribution in [0.15, 0.2) is 16.8 Å². The molecule has 5 heteroatoms. The summed E-state index contributed by atoms with van der Waals surface area (Å²) in [5.41, 5.74) is 1.64. The first-order valence-corrected chi connectivity index (χ1v) is 9.37. The third-order valence-corrected chi connectivity index (χ3v) is 6.28. The summed E-state index contributed by atoms with van der Waals surface area (Å²) in [6.45, 7) is 3.68. The van der Waals surface area contributed by atoms with Crippen LogP contribution in [0.3, 0.4) is 0 Å². The zero-order valence-corrected chi connectivity index (χ0v) is 13.7. The molecule has 2 aliphatic heterocycles. The number of rotatable bonds is 4. The molecule has 0 bridgehead atoms. The number of piperidine rings is 1. The van der Waals surface area contributed by atoms with Crippen molar-refractivity contribution in [3.8, 4) is 0 Å². The van der Waals surface area contributed by atoms with Gasteiger partial charge in [0.1, 0.15) is 6.10 Å². The Morgan fingerprint density at radius 2 is 2.32 bits per heavy atom. The molecular formula is C17H24N2O2S. The van der Waals surface area contributed by atoms with Gasteiger partial charge in [-0.1, -0.05) is 0 Å². The van der Waals surface area contributed by atoms with Crippen LogP contribution < -0.4 is 5.32 Å². The smallest absolute Gasteiger partial charge is 0.252 e. The van der Waals surface area contributed by atoms with E-state index < -0.39 is 0 Å². The normalized spacial score (nSPS) is 29.6. The van der Waals surface area contributed by atoms with Crippen molar-refractivity contribution in [3.05, 3.63) is 22.4 Å². The summed E-state index contributed by atoms with van der Waals surface area (Å²) >= 11 is 1.71. The average Bonchev–Trinajstić information content (AvgIpc) is 3.02. The molecule has 3 heterocycles. The van der Waals surface area contributed by atoms with Crippen LogP contribution in [0, 0.1) is 5.41 Å². The van der Waals surface area contributed by atoms with Gasteiger partial charge in [0.2, 0.25) is 0 Å². The molecule has 3 fully saturated rings. The first-order valence-electron chi connectivity index (χ1n) is 8.42. The lowest BCUT2D eigenvalue weighted by Gasteiger charge is -2.31. The Morgan fingerprint density at radius 1 is 1.45 bits per heavy atom. The number of nitrogens with zero attached hydrogens (tertiary/aromatic N) is 1. The molecule has 2 saturated heterocycles. The number of carbonyl (C=O) groups is 1. The van der Waals surface area contributed by atoms with Crippen molar-refractivity contribution >= 4 is 17.2 Å². The van der Waals surface area contributed by atoms with Crippen LogP contribution in [-0.2, 0) is 16.1 Å². The molecule has 1 aromatic rings. The van der Waals surface area contributed by atoms with Crippen molar-refractivity contribution in [2.45, 2.75) is 50.8 Å². The zero-order valence-electron chi connectivity index (χ0n) is 12.9. The second kappa shape index (κ2) is 5.95. The molecule has 1 aliphatic carbocycles. The van der Waals surface area contributed by atoms with Crippen molar-refractivity contribution in [1.29, 1.82) is 0 Å². The minimum Gasteiger partial charge on any atom is -0.368 e. The summed E-state index contributed by atoms with van der Waals surface area (Å²) in [4.78, 5) is 15.1. The van der Waals surface area contributed by atoms with E-state index in [1.54, 1.807) is 11.3 Å². The summed E-state index contributed by atoms with van der Waals surface area (Å²) in [5, 5.41) is 7.70. The molecule has 1 saturated carbocycles. The largest absolute Gasteiger partial charge is 0.368 e. The molecule has 1 amide bonds. The van der Waals surface area contributed by atoms with Crippen LogP contribution in [0.5, 0.6) is 0 Å². The van der Waals surface area contributed by atoms with Gasteiger partial charge >= 0.3 is 0 Å². The van der Waals surface area contributed by atoms with Crippen molar-refractivity contribution in [2.24, 2.45) is 5.41 Å². The minimum absolute atomic E-state index is 0.196. The van der Waals surface area contributed by atoms with Crippen molar-refractivity contribution in [2.75, 3.05) is 19.7 Å². The molecular weight excluding hydrogens is 296 g/mol. The Morgan fingerprint density at radius 3 is 3.00 bits per heavy atom. The molecule has 0 unspecified atom stereocenters. The highest BCUT2D eigenvalue weighted by Gasteiger charge is 2.58. The number of hydrogen-bond acceptors (Lipinski definition) is 4. The summed E-state index contributed by atoms with van der Waals surface area (Å²) in [5.74, 6) is 0.226. The van der Waals surface area contributed by atoms with E-state index in [4.69, 9.17) is 4.74 Å². The van der Waals surface area contributed by atoms with Gasteiger partial charge in [0.25, 0.3) is 5.91 Å². The van der Waals surface area contributed by atoms with E-state index in [0.29, 0.717) is 11.5 Å². The number of thiophene rings is 1. The topological polar surface area (TPSA) is 41.6 Å². The fraction of sp³-hybridized carbons (Fsp3) is 0.706. The van der Waals surface area contributed by atoms with Gasteiger partial charge in [-0.2, -0.15) is 11.3 Å². The van der Waals surface area contributed by atoms with Crippen LogP contribution in [0.2, 0.25) is 0 Å². The van der Waals surface area contributed by atoms with Gasteiger partial charge in [-0.15, -0.1) is 0 Å². The first kappa shape index (κ1) is 14.7. The second-order valence-electron chi connectivity index (χ2n) is 6.93. The van der Waals surface area contributed by atoms with Crippen molar-refractivity contribution < 1.29 is 9.53 Å². The quantitative estimate of drug-likeness (QED) is 0.926. The Kier molecular flexibility index (Phi) is 3.96. The van der Waals surface area contributed by atoms with Crippen LogP contribution in [0.4, 0.5) is 0 Å². The van der Waals surface area contributed by atoms with Gasteiger partial charge in [-0.05, 0) is 73.0 Å². The lowest BCUT2D eigenvalue weighted by Crippen LogP contribution is -2.43. The Hall–Kier alpha value is -0.910. The molecule has 1 aromatic heterocycles. The molecule has 4 nitrogen and oxygen atoms in total. The van der Waals surface area contributed by atoms with Crippen molar-refractivity contribution in [3.63, 3.8) is 0 Å². The fourth-order valence-electron chi connectivity index (χ4n) is 4.11. The molecule has 4 rings (SSSR count). The monoisotopic (exact) mass is 320 g/mol. The summed E-state index contributed by atoms with van der Waals surface area (Å²) in [7, 11) is 0. The fourth-order valence-corrected chi connectivity index (χ4v) is 4.77. The third kappa shape index (κ3) is 2.70. The van der Waals surface area contributed by atoms with Crippen LogP contribution >= 0.6 is 11.3 Å². The van der Waals surface area contributed by atoms with E-state index in [-0.39, 0.29) is 12.0 Å². The van der Waals surface area contributed by atoms with Gasteiger partial charge in [-0.25, -0.2) is 0 Å². The standard InChI is InChI=1S/C17H24N2O2S/c20-16(14-2-1-8-21-14)19(11-13-3-9-22-12-13)15-10-17(15)4-6-18-7-5-17/h3,9,12,14-15,18H,1-2,4-8,10-11H2/t14-,15+/m0/s1. The predicted octanol–water partition coefficient (Wildman–Crippen LogP) is 2.40. The van der Waals surface area contributed by atoms with Crippen LogP contribution in [0.25, 0.3) is 0 Å². The van der Waals surface area contributed by atoms with Crippen LogP contribution in [-0.4, -0.2) is 42.6 Å². The summed E-state index contributed by atoms with van der Waals surface area (Å²) in [6.07, 6.45) is 5.30. The molecule has 3 aliphatic rings.